The monoisotopic (exact) mass is 652 g/mol. The van der Waals surface area contributed by atoms with E-state index in [0.717, 1.165) is 38.3 Å². The second-order valence-corrected chi connectivity index (χ2v) is 13.6. The Morgan fingerprint density at radius 2 is 2.02 bits per heavy atom. The highest BCUT2D eigenvalue weighted by Crippen LogP contribution is 2.50. The van der Waals surface area contributed by atoms with E-state index in [-0.39, 0.29) is 64.2 Å². The van der Waals surface area contributed by atoms with Gasteiger partial charge in [-0.05, 0) is 62.8 Å². The smallest absolute Gasteiger partial charge is 0.418 e. The fourth-order valence-electron chi connectivity index (χ4n) is 8.88. The van der Waals surface area contributed by atoms with E-state index in [0.29, 0.717) is 37.3 Å². The van der Waals surface area contributed by atoms with Crippen molar-refractivity contribution in [2.24, 2.45) is 0 Å². The van der Waals surface area contributed by atoms with Crippen molar-refractivity contribution in [2.45, 2.75) is 81.5 Å². The molecular weight excluding hydrogens is 619 g/mol. The Kier molecular flexibility index (Phi) is 6.73. The van der Waals surface area contributed by atoms with Crippen molar-refractivity contribution >= 4 is 28.1 Å². The Morgan fingerprint density at radius 3 is 2.79 bits per heavy atom. The molecule has 2 bridgehead atoms. The number of nitrogen functional groups attached to an aromatic ring is 1. The number of halogens is 5. The van der Waals surface area contributed by atoms with Crippen molar-refractivity contribution < 1.29 is 26.7 Å². The molecule has 0 amide bonds. The largest absolute Gasteiger partial charge is 0.461 e. The number of nitrogens with one attached hydrogen (secondary N) is 1. The third-order valence-corrected chi connectivity index (χ3v) is 10.8. The fraction of sp³-hybridized carbons (Fsp3) is 0.515. The quantitative estimate of drug-likeness (QED) is 0.363. The van der Waals surface area contributed by atoms with Gasteiger partial charge < -0.3 is 20.7 Å². The van der Waals surface area contributed by atoms with Crippen molar-refractivity contribution in [1.29, 1.82) is 5.26 Å². The zero-order valence-corrected chi connectivity index (χ0v) is 25.7. The van der Waals surface area contributed by atoms with E-state index >= 15 is 4.39 Å². The third-order valence-electron chi connectivity index (χ3n) is 10.8. The van der Waals surface area contributed by atoms with Crippen LogP contribution in [0.25, 0.3) is 27.7 Å². The van der Waals surface area contributed by atoms with Gasteiger partial charge >= 0.3 is 12.2 Å². The molecule has 3 aromatic rings. The molecule has 5 aliphatic rings. The van der Waals surface area contributed by atoms with Crippen LogP contribution in [0.4, 0.5) is 33.6 Å². The molecule has 4 saturated heterocycles. The summed E-state index contributed by atoms with van der Waals surface area (Å²) in [7, 11) is 0. The Hall–Kier alpha value is -4.09. The molecule has 5 atom stereocenters. The van der Waals surface area contributed by atoms with Gasteiger partial charge in [-0.2, -0.15) is 28.4 Å². The van der Waals surface area contributed by atoms with Crippen molar-refractivity contribution in [3.05, 3.63) is 40.7 Å². The Labute approximate surface area is 267 Å². The Balaban J connectivity index is 1.39. The lowest BCUT2D eigenvalue weighted by Gasteiger charge is -2.41. The molecule has 8 rings (SSSR count). The van der Waals surface area contributed by atoms with Gasteiger partial charge in [-0.15, -0.1) is 0 Å². The number of fused-ring (bicyclic) bond motifs is 6. The van der Waals surface area contributed by atoms with Gasteiger partial charge in [0.15, 0.2) is 5.82 Å². The number of pyridine rings is 1. The van der Waals surface area contributed by atoms with Gasteiger partial charge in [0.05, 0.1) is 33.3 Å². The minimum atomic E-state index is -4.93. The molecule has 0 spiro atoms. The third kappa shape index (κ3) is 4.57. The number of aromatic nitrogens is 3. The number of hydrogen-bond acceptors (Lipinski definition) is 9. The van der Waals surface area contributed by atoms with Crippen molar-refractivity contribution in [1.82, 2.24) is 25.2 Å². The minimum Gasteiger partial charge on any atom is -0.461 e. The lowest BCUT2D eigenvalue weighted by molar-refractivity contribution is -0.137. The van der Waals surface area contributed by atoms with Crippen molar-refractivity contribution in [3.8, 4) is 23.3 Å². The number of piperazine rings is 1. The van der Waals surface area contributed by atoms with Gasteiger partial charge in [0.25, 0.3) is 0 Å². The summed E-state index contributed by atoms with van der Waals surface area (Å²) in [6.07, 6.45) is -1.82. The maximum absolute atomic E-state index is 17.1. The number of rotatable bonds is 4. The predicted octanol–water partition coefficient (Wildman–Crippen LogP) is 5.29. The van der Waals surface area contributed by atoms with Crippen LogP contribution in [0.3, 0.4) is 0 Å². The van der Waals surface area contributed by atoms with Crippen LogP contribution in [0.15, 0.2) is 12.6 Å². The second-order valence-electron chi connectivity index (χ2n) is 13.6. The molecule has 4 fully saturated rings. The van der Waals surface area contributed by atoms with Crippen LogP contribution in [-0.2, 0) is 6.18 Å². The van der Waals surface area contributed by atoms with E-state index in [1.54, 1.807) is 0 Å². The summed E-state index contributed by atoms with van der Waals surface area (Å²) in [4.78, 5) is 17.4. The second kappa shape index (κ2) is 10.5. The lowest BCUT2D eigenvalue weighted by Crippen LogP contribution is -2.58. The summed E-state index contributed by atoms with van der Waals surface area (Å²) >= 11 is 0. The highest BCUT2D eigenvalue weighted by atomic mass is 19.4. The Morgan fingerprint density at radius 1 is 1.21 bits per heavy atom. The first-order valence-electron chi connectivity index (χ1n) is 15.9. The molecule has 2 aromatic heterocycles. The van der Waals surface area contributed by atoms with Crippen LogP contribution in [0, 0.1) is 24.1 Å². The highest BCUT2D eigenvalue weighted by molar-refractivity contribution is 6.06. The van der Waals surface area contributed by atoms with E-state index < -0.39 is 40.5 Å². The molecule has 47 heavy (non-hydrogen) atoms. The van der Waals surface area contributed by atoms with Gasteiger partial charge in [0.1, 0.15) is 36.0 Å². The average molecular weight is 653 g/mol. The van der Waals surface area contributed by atoms with Crippen LogP contribution < -0.4 is 20.7 Å². The molecule has 1 unspecified atom stereocenters. The number of ether oxygens (including phenoxy) is 1. The summed E-state index contributed by atoms with van der Waals surface area (Å²) in [5, 5.41) is 14.4. The standard InChI is InChI=1S/C33H33F5N8O/c1-15-8-21-20-5-4-18(41-20)13-46(21)30-25-23(15)19(11-39)24(28-26(33(36,37)38)16(2)9-22(40)42-28)27(35)29(25)43-31(44-30)47-14-32-6-3-7-45(32)12-17(34)10-32/h9,17-18,20-21,41H,1,3-8,10,12-14H2,2H3,(H2,40,42)/t17-,18-,20?,21-,32+/m1/s1. The maximum Gasteiger partial charge on any atom is 0.418 e. The molecule has 5 aliphatic heterocycles. The molecule has 14 heteroatoms. The molecule has 0 saturated carbocycles. The zero-order chi connectivity index (χ0) is 33.0. The zero-order valence-electron chi connectivity index (χ0n) is 25.7. The predicted molar refractivity (Wildman–Crippen MR) is 165 cm³/mol. The summed E-state index contributed by atoms with van der Waals surface area (Å²) in [5.74, 6) is -1.08. The van der Waals surface area contributed by atoms with E-state index in [1.807, 2.05) is 6.07 Å². The number of nitrogens with zero attached hydrogens (tertiary/aromatic N) is 6. The number of nitriles is 1. The number of anilines is 2. The molecule has 3 N–H and O–H groups in total. The number of aryl methyl sites for hydroxylation is 1. The SMILES string of the molecule is C=C1C[C@@H]2C3CC[C@H](CN2c2nc(OC[C@@]45CCCN4C[C@H](F)C5)nc4c(F)c(-c5nc(N)cc(C)c5C(F)(F)F)c(C#N)c1c24)N3. The van der Waals surface area contributed by atoms with Gasteiger partial charge in [-0.3, -0.25) is 4.90 Å². The van der Waals surface area contributed by atoms with Crippen LogP contribution in [0.2, 0.25) is 0 Å². The highest BCUT2D eigenvalue weighted by Gasteiger charge is 2.50. The minimum absolute atomic E-state index is 0.0602. The number of hydrogen-bond donors (Lipinski definition) is 2. The topological polar surface area (TPSA) is 116 Å². The van der Waals surface area contributed by atoms with Crippen molar-refractivity contribution in [2.75, 3.05) is 36.9 Å². The molecule has 1 aromatic carbocycles. The van der Waals surface area contributed by atoms with Gasteiger partial charge in [0, 0.05) is 43.2 Å². The Bertz CT molecular complexity index is 1890. The first kappa shape index (κ1) is 30.3. The molecule has 0 radical (unpaired) electrons. The van der Waals surface area contributed by atoms with E-state index in [4.69, 9.17) is 15.5 Å². The van der Waals surface area contributed by atoms with Gasteiger partial charge in [0.2, 0.25) is 0 Å². The normalized spacial score (nSPS) is 28.4. The fourth-order valence-corrected chi connectivity index (χ4v) is 8.88. The maximum atomic E-state index is 17.1. The molecule has 0 aliphatic carbocycles. The van der Waals surface area contributed by atoms with E-state index in [1.165, 1.54) is 6.92 Å². The van der Waals surface area contributed by atoms with Gasteiger partial charge in [-0.25, -0.2) is 13.8 Å². The first-order chi connectivity index (χ1) is 22.4. The van der Waals surface area contributed by atoms with Crippen molar-refractivity contribution in [3.63, 3.8) is 0 Å². The molecule has 246 valence electrons. The number of nitrogens with two attached hydrogens (primary N) is 1. The molecule has 9 nitrogen and oxygen atoms in total. The lowest BCUT2D eigenvalue weighted by atomic mass is 9.87. The number of alkyl halides is 4. The van der Waals surface area contributed by atoms with E-state index in [2.05, 4.69) is 31.7 Å². The van der Waals surface area contributed by atoms with Crippen LogP contribution in [-0.4, -0.2) is 75.9 Å². The van der Waals surface area contributed by atoms with Crippen LogP contribution in [0.5, 0.6) is 6.01 Å². The molecule has 7 heterocycles. The first-order valence-corrected chi connectivity index (χ1v) is 15.9. The summed E-state index contributed by atoms with van der Waals surface area (Å²) in [6.45, 7) is 7.17. The summed E-state index contributed by atoms with van der Waals surface area (Å²) in [6, 6.07) is 2.94. The summed E-state index contributed by atoms with van der Waals surface area (Å²) < 4.78 is 81.5. The number of benzene rings is 1. The summed E-state index contributed by atoms with van der Waals surface area (Å²) in [5.41, 5.74) is 2.50. The van der Waals surface area contributed by atoms with Gasteiger partial charge in [-0.1, -0.05) is 6.58 Å². The average Bonchev–Trinajstić information content (AvgIpc) is 3.65. The molecular formula is C33H33F5N8O. The van der Waals surface area contributed by atoms with Crippen LogP contribution >= 0.6 is 0 Å². The van der Waals surface area contributed by atoms with E-state index in [9.17, 15) is 22.8 Å². The van der Waals surface area contributed by atoms with Crippen LogP contribution in [0.1, 0.15) is 60.8 Å².